The third-order valence-corrected chi connectivity index (χ3v) is 1.60. The Balaban J connectivity index is 2.64. The lowest BCUT2D eigenvalue weighted by Crippen LogP contribution is -2.16. The number of rotatable bonds is 3. The van der Waals surface area contributed by atoms with E-state index >= 15 is 0 Å². The van der Waals surface area contributed by atoms with Crippen LogP contribution in [0.4, 0.5) is 4.79 Å². The van der Waals surface area contributed by atoms with Crippen molar-refractivity contribution in [2.75, 3.05) is 6.61 Å². The highest BCUT2D eigenvalue weighted by atomic mass is 16.5. The summed E-state index contributed by atoms with van der Waals surface area (Å²) < 4.78 is 4.76. The summed E-state index contributed by atoms with van der Waals surface area (Å²) in [5.74, 6) is 0.115. The maximum atomic E-state index is 11.1. The van der Waals surface area contributed by atoms with Crippen molar-refractivity contribution < 1.29 is 9.53 Å². The van der Waals surface area contributed by atoms with Gasteiger partial charge in [0.25, 0.3) is 0 Å². The van der Waals surface area contributed by atoms with Gasteiger partial charge in [0.1, 0.15) is 5.84 Å². The molecule has 5 nitrogen and oxygen atoms in total. The van der Waals surface area contributed by atoms with Crippen molar-refractivity contribution in [2.45, 2.75) is 13.3 Å². The Morgan fingerprint density at radius 1 is 1.67 bits per heavy atom. The van der Waals surface area contributed by atoms with Crippen LogP contribution < -0.4 is 5.73 Å². The molecule has 0 unspecified atom stereocenters. The fraction of sp³-hybridized carbons (Fsp3) is 0.300. The standard InChI is InChI=1S/C10H13N3O2/c1-2-6-15-10(14)13-9(11)8-4-3-5-12-7-8/h3-5,7H,2,6H2,1H3,(H2,11,13,14). The maximum absolute atomic E-state index is 11.1. The Morgan fingerprint density at radius 3 is 3.07 bits per heavy atom. The van der Waals surface area contributed by atoms with Crippen LogP contribution in [0.1, 0.15) is 18.9 Å². The largest absolute Gasteiger partial charge is 0.448 e. The molecule has 0 aliphatic carbocycles. The van der Waals surface area contributed by atoms with Gasteiger partial charge in [0.15, 0.2) is 0 Å². The number of aromatic nitrogens is 1. The fourth-order valence-electron chi connectivity index (χ4n) is 0.899. The zero-order chi connectivity index (χ0) is 11.1. The smallest absolute Gasteiger partial charge is 0.435 e. The number of aliphatic imine (C=N–C) groups is 1. The van der Waals surface area contributed by atoms with Gasteiger partial charge in [-0.15, -0.1) is 0 Å². The van der Waals surface area contributed by atoms with Crippen LogP contribution in [0.3, 0.4) is 0 Å². The molecule has 1 aromatic heterocycles. The number of pyridine rings is 1. The van der Waals surface area contributed by atoms with E-state index in [4.69, 9.17) is 10.5 Å². The SMILES string of the molecule is CCCOC(=O)N=C(N)c1cccnc1. The minimum absolute atomic E-state index is 0.115. The third-order valence-electron chi connectivity index (χ3n) is 1.60. The monoisotopic (exact) mass is 207 g/mol. The first-order valence-electron chi connectivity index (χ1n) is 4.65. The average Bonchev–Trinajstić information content (AvgIpc) is 2.27. The van der Waals surface area contributed by atoms with E-state index in [-0.39, 0.29) is 5.84 Å². The Bertz CT molecular complexity index is 349. The number of carbonyl (C=O) groups is 1. The number of carbonyl (C=O) groups excluding carboxylic acids is 1. The quantitative estimate of drug-likeness (QED) is 0.599. The number of ether oxygens (including phenoxy) is 1. The predicted octanol–water partition coefficient (Wildman–Crippen LogP) is 1.33. The van der Waals surface area contributed by atoms with Crippen molar-refractivity contribution in [3.8, 4) is 0 Å². The molecule has 0 spiro atoms. The number of hydrogen-bond donors (Lipinski definition) is 1. The Hall–Kier alpha value is -1.91. The van der Waals surface area contributed by atoms with Gasteiger partial charge in [-0.05, 0) is 18.6 Å². The van der Waals surface area contributed by atoms with Gasteiger partial charge in [0, 0.05) is 18.0 Å². The molecule has 0 bridgehead atoms. The van der Waals surface area contributed by atoms with Crippen LogP contribution in [0.2, 0.25) is 0 Å². The molecule has 0 fully saturated rings. The first kappa shape index (κ1) is 11.2. The molecule has 1 heterocycles. The summed E-state index contributed by atoms with van der Waals surface area (Å²) in [6.07, 6.45) is 3.24. The number of nitrogens with zero attached hydrogens (tertiary/aromatic N) is 2. The predicted molar refractivity (Wildman–Crippen MR) is 56.6 cm³/mol. The van der Waals surface area contributed by atoms with E-state index in [1.807, 2.05) is 6.92 Å². The van der Waals surface area contributed by atoms with Crippen molar-refractivity contribution in [2.24, 2.45) is 10.7 Å². The fourth-order valence-corrected chi connectivity index (χ4v) is 0.899. The molecule has 5 heteroatoms. The van der Waals surface area contributed by atoms with Crippen LogP contribution in [-0.2, 0) is 4.74 Å². The van der Waals surface area contributed by atoms with Crippen molar-refractivity contribution in [3.05, 3.63) is 30.1 Å². The Kier molecular flexibility index (Phi) is 4.28. The molecular formula is C10H13N3O2. The first-order chi connectivity index (χ1) is 7.24. The summed E-state index contributed by atoms with van der Waals surface area (Å²) in [7, 11) is 0. The van der Waals surface area contributed by atoms with Gasteiger partial charge < -0.3 is 10.5 Å². The van der Waals surface area contributed by atoms with E-state index in [2.05, 4.69) is 9.98 Å². The van der Waals surface area contributed by atoms with Crippen molar-refractivity contribution in [1.82, 2.24) is 4.98 Å². The Labute approximate surface area is 88.0 Å². The lowest BCUT2D eigenvalue weighted by molar-refractivity contribution is 0.157. The highest BCUT2D eigenvalue weighted by Crippen LogP contribution is 1.96. The molecule has 0 saturated heterocycles. The molecule has 0 aromatic carbocycles. The lowest BCUT2D eigenvalue weighted by atomic mass is 10.3. The second-order valence-electron chi connectivity index (χ2n) is 2.85. The van der Waals surface area contributed by atoms with Gasteiger partial charge in [0.2, 0.25) is 0 Å². The van der Waals surface area contributed by atoms with Crippen LogP contribution in [0.25, 0.3) is 0 Å². The van der Waals surface area contributed by atoms with Crippen LogP contribution in [0.15, 0.2) is 29.5 Å². The minimum atomic E-state index is -0.668. The van der Waals surface area contributed by atoms with Crippen molar-refractivity contribution in [1.29, 1.82) is 0 Å². The highest BCUT2D eigenvalue weighted by Gasteiger charge is 2.02. The van der Waals surface area contributed by atoms with Gasteiger partial charge in [-0.1, -0.05) is 6.92 Å². The lowest BCUT2D eigenvalue weighted by Gasteiger charge is -2.00. The van der Waals surface area contributed by atoms with Gasteiger partial charge in [0.05, 0.1) is 6.61 Å². The number of amides is 1. The highest BCUT2D eigenvalue weighted by molar-refractivity contribution is 6.02. The van der Waals surface area contributed by atoms with E-state index in [1.54, 1.807) is 18.3 Å². The summed E-state index contributed by atoms with van der Waals surface area (Å²) in [6.45, 7) is 2.25. The molecule has 0 aliphatic heterocycles. The maximum Gasteiger partial charge on any atom is 0.435 e. The number of nitrogens with two attached hydrogens (primary N) is 1. The second kappa shape index (κ2) is 5.74. The molecular weight excluding hydrogens is 194 g/mol. The molecule has 0 aliphatic rings. The molecule has 80 valence electrons. The molecule has 0 radical (unpaired) electrons. The summed E-state index contributed by atoms with van der Waals surface area (Å²) in [5, 5.41) is 0. The first-order valence-corrected chi connectivity index (χ1v) is 4.65. The van der Waals surface area contributed by atoms with E-state index in [1.165, 1.54) is 6.20 Å². The van der Waals surface area contributed by atoms with E-state index in [9.17, 15) is 4.79 Å². The summed E-state index contributed by atoms with van der Waals surface area (Å²) in [5.41, 5.74) is 6.18. The number of hydrogen-bond acceptors (Lipinski definition) is 3. The molecule has 15 heavy (non-hydrogen) atoms. The van der Waals surface area contributed by atoms with Crippen LogP contribution in [0, 0.1) is 0 Å². The second-order valence-corrected chi connectivity index (χ2v) is 2.85. The molecule has 2 N–H and O–H groups in total. The number of amidine groups is 1. The molecule has 1 rings (SSSR count). The van der Waals surface area contributed by atoms with Gasteiger partial charge in [-0.3, -0.25) is 4.98 Å². The zero-order valence-electron chi connectivity index (χ0n) is 8.51. The summed E-state index contributed by atoms with van der Waals surface area (Å²) in [4.78, 5) is 18.5. The topological polar surface area (TPSA) is 77.6 Å². The Morgan fingerprint density at radius 2 is 2.47 bits per heavy atom. The van der Waals surface area contributed by atoms with Crippen LogP contribution in [0.5, 0.6) is 0 Å². The van der Waals surface area contributed by atoms with Gasteiger partial charge >= 0.3 is 6.09 Å². The normalized spacial score (nSPS) is 11.1. The van der Waals surface area contributed by atoms with Gasteiger partial charge in [-0.2, -0.15) is 4.99 Å². The summed E-state index contributed by atoms with van der Waals surface area (Å²) in [6, 6.07) is 3.44. The minimum Gasteiger partial charge on any atom is -0.448 e. The van der Waals surface area contributed by atoms with Crippen LogP contribution >= 0.6 is 0 Å². The van der Waals surface area contributed by atoms with E-state index in [0.717, 1.165) is 6.42 Å². The third kappa shape index (κ3) is 3.76. The van der Waals surface area contributed by atoms with Crippen LogP contribution in [-0.4, -0.2) is 23.5 Å². The summed E-state index contributed by atoms with van der Waals surface area (Å²) >= 11 is 0. The average molecular weight is 207 g/mol. The van der Waals surface area contributed by atoms with Crippen molar-refractivity contribution in [3.63, 3.8) is 0 Å². The van der Waals surface area contributed by atoms with E-state index < -0.39 is 6.09 Å². The molecule has 1 aromatic rings. The zero-order valence-corrected chi connectivity index (χ0v) is 8.51. The van der Waals surface area contributed by atoms with Gasteiger partial charge in [-0.25, -0.2) is 4.79 Å². The van der Waals surface area contributed by atoms with E-state index in [0.29, 0.717) is 12.2 Å². The molecule has 1 amide bonds. The molecule has 0 saturated carbocycles. The molecule has 0 atom stereocenters. The van der Waals surface area contributed by atoms with Crippen molar-refractivity contribution >= 4 is 11.9 Å².